The highest BCUT2D eigenvalue weighted by molar-refractivity contribution is 9.10. The molecule has 17 rings (SSSR count). The summed E-state index contributed by atoms with van der Waals surface area (Å²) in [4.78, 5) is 67.6. The maximum atomic E-state index is 13.5. The van der Waals surface area contributed by atoms with E-state index in [2.05, 4.69) is 56.6 Å². The highest BCUT2D eigenvalue weighted by Gasteiger charge is 2.54. The fourth-order valence-electron chi connectivity index (χ4n) is 18.4. The number of rotatable bonds is 15. The molecule has 4 unspecified atom stereocenters. The number of ether oxygens (including phenoxy) is 4. The number of aromatic nitrogens is 12. The van der Waals surface area contributed by atoms with Crippen LogP contribution in [0.5, 0.6) is 11.5 Å². The number of nitrogens with one attached hydrogen (secondary N) is 1. The molecule has 1 fully saturated rings. The Morgan fingerprint density at radius 3 is 1.17 bits per heavy atom. The van der Waals surface area contributed by atoms with Gasteiger partial charge in [0.15, 0.2) is 22.6 Å². The van der Waals surface area contributed by atoms with Gasteiger partial charge < -0.3 is 44.4 Å². The topological polar surface area (TPSA) is 303 Å². The van der Waals surface area contributed by atoms with Crippen LogP contribution < -0.4 is 20.5 Å². The molecule has 0 radical (unpaired) electrons. The zero-order chi connectivity index (χ0) is 102. The van der Waals surface area contributed by atoms with E-state index in [1.165, 1.54) is 12.4 Å². The standard InChI is InChI=1S/C27H29F3N4O2.C20H24F3N3O2.C18H20F3N3O2.C13H20BF3O2.C13H16BrN3O2.C9H11NO/c1-15(2)23-20(26(35)33-21-12-13-36-22-7-5-4-6-19(21)22)14-31-34-24(16(3)32-25(23)34)17-8-10-18(11-9-17)27(28,29)30;1-5-28-19(27)15-10-24-26-17(12(4)25-18(26)16(15)11(2)3)13-6-8-14(9-7-13)20(21,22)23;1-9(2)14-13(17(25)26)8-22-24-15(10(3)23-16(14)24)11-4-6-12(7-5-11)18(19,20)21;1-11(2)12(3,4)19-14(18-11)10-7-5-9(6-8-10)13(15,16)17;1-5-19-13(18)9-6-15-17-11(14)8(4)16-12(17)10(9)7(2)3;10-8-5-6-11-9-4-2-1-3-7(8)9/h4-8,14-15,18,21H,9-13H2,1-3H3,(H,33,35);6,10-11,14H,5,7-9H2,1-4H3;4,8-9,12H,5-7H2,1-3H3,(H,25,26);7,9H,5-6,8H2,1-4H3;6-7H,5H2,1-4H3;1-4,8H,5-6,10H2/t18?,21-;;;;;8-/m0....0/s1. The molecular weight excluding hydrogens is 1890 g/mol. The molecule has 10 aromatic rings. The van der Waals surface area contributed by atoms with E-state index in [0.717, 1.165) is 90.5 Å². The average molecular weight is 2010 g/mol. The van der Waals surface area contributed by atoms with Crippen LogP contribution >= 0.6 is 15.9 Å². The first-order valence-electron chi connectivity index (χ1n) is 46.9. The number of hydrogen-bond acceptors (Lipinski definition) is 19. The van der Waals surface area contributed by atoms with Crippen LogP contribution in [0.25, 0.3) is 39.3 Å². The molecule has 750 valence electrons. The number of aromatic carboxylic acids is 1. The van der Waals surface area contributed by atoms with Crippen molar-refractivity contribution in [1.29, 1.82) is 0 Å². The van der Waals surface area contributed by atoms with Crippen LogP contribution in [-0.2, 0) is 18.8 Å². The first-order valence-corrected chi connectivity index (χ1v) is 47.7. The number of benzene rings is 2. The first-order chi connectivity index (χ1) is 65.3. The monoisotopic (exact) mass is 2010 g/mol. The molecule has 0 spiro atoms. The minimum atomic E-state index is -4.19. The number of amides is 1. The summed E-state index contributed by atoms with van der Waals surface area (Å²) in [7, 11) is -0.501. The van der Waals surface area contributed by atoms with E-state index < -0.39 is 78.6 Å². The minimum absolute atomic E-state index is 0.00509. The van der Waals surface area contributed by atoms with Crippen LogP contribution in [0.3, 0.4) is 0 Å². The van der Waals surface area contributed by atoms with E-state index in [-0.39, 0.29) is 118 Å². The summed E-state index contributed by atoms with van der Waals surface area (Å²) in [5.74, 6) is -5.50. The lowest BCUT2D eigenvalue weighted by molar-refractivity contribution is -0.176. The van der Waals surface area contributed by atoms with Gasteiger partial charge in [-0.3, -0.25) is 4.79 Å². The number of carbonyl (C=O) groups is 4. The van der Waals surface area contributed by atoms with E-state index in [4.69, 9.17) is 39.0 Å². The zero-order valence-corrected chi connectivity index (χ0v) is 82.8. The number of para-hydroxylation sites is 2. The molecule has 4 N–H and O–H groups in total. The van der Waals surface area contributed by atoms with E-state index in [1.807, 2.05) is 152 Å². The van der Waals surface area contributed by atoms with E-state index in [0.29, 0.717) is 112 Å². The normalized spacial score (nSPS) is 19.7. The second-order valence-corrected chi connectivity index (χ2v) is 38.7. The molecule has 8 aromatic heterocycles. The van der Waals surface area contributed by atoms with Gasteiger partial charge in [0.25, 0.3) is 5.91 Å². The summed E-state index contributed by atoms with van der Waals surface area (Å²) in [6, 6.07) is 15.6. The quantitative estimate of drug-likeness (QED) is 0.0488. The smallest absolute Gasteiger partial charge is 0.490 e. The molecule has 4 aliphatic carbocycles. The number of aryl methyl sites for hydroxylation is 4. The van der Waals surface area contributed by atoms with Crippen LogP contribution in [-0.4, -0.2) is 157 Å². The fraction of sp³-hybridized carbons (Fsp3) is 0.520. The minimum Gasteiger partial charge on any atom is -0.493 e. The maximum absolute atomic E-state index is 13.5. The molecule has 25 nitrogen and oxygen atoms in total. The molecule has 6 atom stereocenters. The lowest BCUT2D eigenvalue weighted by Crippen LogP contribution is -2.41. The molecule has 0 saturated carbocycles. The van der Waals surface area contributed by atoms with E-state index in [9.17, 15) is 77.0 Å². The largest absolute Gasteiger partial charge is 0.493 e. The van der Waals surface area contributed by atoms with Crippen molar-refractivity contribution in [1.82, 2.24) is 63.7 Å². The predicted octanol–water partition coefficient (Wildman–Crippen LogP) is 24.3. The second-order valence-electron chi connectivity index (χ2n) is 37.9. The number of alkyl halides is 12. The number of nitrogens with two attached hydrogens (primary N) is 1. The Balaban J connectivity index is 0.000000154. The molecule has 11 heterocycles. The molecule has 0 bridgehead atoms. The van der Waals surface area contributed by atoms with Crippen molar-refractivity contribution in [2.24, 2.45) is 29.4 Å². The highest BCUT2D eigenvalue weighted by atomic mass is 79.9. The Hall–Kier alpha value is -11.1. The summed E-state index contributed by atoms with van der Waals surface area (Å²) >= 11 is 3.45. The number of esters is 2. The van der Waals surface area contributed by atoms with Gasteiger partial charge >= 0.3 is 49.7 Å². The Labute approximate surface area is 807 Å². The number of nitrogens with zero attached hydrogens (tertiary/aromatic N) is 12. The van der Waals surface area contributed by atoms with Gasteiger partial charge in [-0.15, -0.1) is 0 Å². The number of fused-ring (bicyclic) bond motifs is 6. The molecule has 139 heavy (non-hydrogen) atoms. The van der Waals surface area contributed by atoms with Crippen LogP contribution in [0.4, 0.5) is 52.7 Å². The van der Waals surface area contributed by atoms with Gasteiger partial charge in [0.05, 0.1) is 154 Å². The van der Waals surface area contributed by atoms with Crippen LogP contribution in [0.2, 0.25) is 0 Å². The fourth-order valence-corrected chi connectivity index (χ4v) is 18.7. The van der Waals surface area contributed by atoms with Crippen molar-refractivity contribution in [3.05, 3.63) is 203 Å². The second kappa shape index (κ2) is 43.6. The number of imidazole rings is 4. The number of carboxylic acids is 1. The number of carbonyl (C=O) groups excluding carboxylic acids is 3. The van der Waals surface area contributed by atoms with E-state index >= 15 is 0 Å². The summed E-state index contributed by atoms with van der Waals surface area (Å²) in [5.41, 5.74) is 21.9. The summed E-state index contributed by atoms with van der Waals surface area (Å²) in [6.07, 6.45) is -1.18. The van der Waals surface area contributed by atoms with Crippen molar-refractivity contribution in [3.63, 3.8) is 0 Å². The van der Waals surface area contributed by atoms with Crippen LogP contribution in [0.1, 0.15) is 337 Å². The maximum Gasteiger partial charge on any atom is 0.490 e. The molecule has 39 heteroatoms. The lowest BCUT2D eigenvalue weighted by Gasteiger charge is -2.32. The molecule has 1 amide bonds. The summed E-state index contributed by atoms with van der Waals surface area (Å²) < 4.78 is 195. The average Bonchev–Trinajstić information content (AvgIpc) is 1.64. The lowest BCUT2D eigenvalue weighted by atomic mass is 9.70. The molecule has 7 aliphatic rings. The van der Waals surface area contributed by atoms with Gasteiger partial charge in [-0.1, -0.05) is 116 Å². The van der Waals surface area contributed by atoms with Crippen molar-refractivity contribution < 1.29 is 105 Å². The van der Waals surface area contributed by atoms with Gasteiger partial charge in [-0.25, -0.2) is 52.4 Å². The van der Waals surface area contributed by atoms with Crippen LogP contribution in [0, 0.1) is 51.4 Å². The third kappa shape index (κ3) is 23.9. The summed E-state index contributed by atoms with van der Waals surface area (Å²) in [5, 5.41) is 30.0. The van der Waals surface area contributed by atoms with Crippen molar-refractivity contribution in [2.45, 2.75) is 286 Å². The summed E-state index contributed by atoms with van der Waals surface area (Å²) in [6.45, 7) is 36.2. The third-order valence-corrected chi connectivity index (χ3v) is 27.3. The first kappa shape index (κ1) is 107. The van der Waals surface area contributed by atoms with Gasteiger partial charge in [0, 0.05) is 52.3 Å². The van der Waals surface area contributed by atoms with Crippen LogP contribution in [0.15, 0.2) is 108 Å². The Morgan fingerprint density at radius 1 is 0.475 bits per heavy atom. The number of hydrogen-bond donors (Lipinski definition) is 3. The number of halogens is 13. The Morgan fingerprint density at radius 2 is 0.806 bits per heavy atom. The Kier molecular flexibility index (Phi) is 33.5. The van der Waals surface area contributed by atoms with Gasteiger partial charge in [-0.2, -0.15) is 73.1 Å². The molecular formula is C100H120BBrF12N14O11. The van der Waals surface area contributed by atoms with Crippen molar-refractivity contribution in [2.75, 3.05) is 26.4 Å². The van der Waals surface area contributed by atoms with Crippen molar-refractivity contribution in [3.8, 4) is 11.5 Å². The molecule has 2 aromatic carbocycles. The van der Waals surface area contributed by atoms with Crippen molar-refractivity contribution >= 4 is 86.2 Å². The van der Waals surface area contributed by atoms with Gasteiger partial charge in [0.1, 0.15) is 16.1 Å². The Bertz CT molecular complexity index is 6290. The van der Waals surface area contributed by atoms with Gasteiger partial charge in [0.2, 0.25) is 0 Å². The highest BCUT2D eigenvalue weighted by Crippen LogP contribution is 2.48. The number of allylic oxidation sites excluding steroid dienone is 8. The zero-order valence-electron chi connectivity index (χ0n) is 81.2. The number of carboxylic acid groups (broad SMARTS) is 1. The molecule has 3 aliphatic heterocycles. The predicted molar refractivity (Wildman–Crippen MR) is 506 cm³/mol. The van der Waals surface area contributed by atoms with Gasteiger partial charge in [-0.05, 0) is 220 Å². The third-order valence-electron chi connectivity index (χ3n) is 26.4. The SMILES string of the molecule is CC1(C)OB(C2=CCC(C(F)(F)F)CC2)OC1(C)C.CCOC(=O)c1cnn2c(Br)c(C)nc2c1C(C)C.CCOC(=O)c1cnn2c(C3=CCC(C(F)(F)F)CC3)c(C)nc2c1C(C)C.Cc1nc2c(C(C)C)c(C(=O)N[C@H]3CCOc4ccccc43)cnn2c1C1=CCC(C(F)(F)F)CC1.Cc1nc2c(C(C)C)c(C(=O)O)cnn2c1C1=CCC(C(F)(F)F)CC1.N[C@H]1CCOc2ccccc21. The molecule has 1 saturated heterocycles. The van der Waals surface area contributed by atoms with E-state index in [1.54, 1.807) is 75.5 Å².